The molecule has 2 N–H and O–H groups in total. The fourth-order valence-electron chi connectivity index (χ4n) is 2.24. The summed E-state index contributed by atoms with van der Waals surface area (Å²) < 4.78 is 5.14. The number of likely N-dealkylation sites (tertiary alicyclic amines) is 1. The quantitative estimate of drug-likeness (QED) is 0.786. The topological polar surface area (TPSA) is 38.5 Å². The third-order valence-electron chi connectivity index (χ3n) is 3.09. The van der Waals surface area contributed by atoms with Crippen molar-refractivity contribution in [1.82, 2.24) is 4.90 Å². The molecule has 0 saturated carbocycles. The smallest absolute Gasteiger partial charge is 0.118 e. The first kappa shape index (κ1) is 10.5. The lowest BCUT2D eigenvalue weighted by Gasteiger charge is -2.14. The molecule has 2 rings (SSSR count). The van der Waals surface area contributed by atoms with E-state index in [1.807, 2.05) is 12.1 Å². The molecule has 1 heterocycles. The highest BCUT2D eigenvalue weighted by molar-refractivity contribution is 5.31. The Hall–Kier alpha value is -1.06. The monoisotopic (exact) mass is 206 g/mol. The van der Waals surface area contributed by atoms with E-state index in [9.17, 15) is 0 Å². The van der Waals surface area contributed by atoms with Gasteiger partial charge in [-0.2, -0.15) is 0 Å². The summed E-state index contributed by atoms with van der Waals surface area (Å²) in [4.78, 5) is 2.28. The molecule has 1 aromatic rings. The third-order valence-corrected chi connectivity index (χ3v) is 3.09. The van der Waals surface area contributed by atoms with Gasteiger partial charge in [0.15, 0.2) is 0 Å². The molecule has 3 heteroatoms. The van der Waals surface area contributed by atoms with Crippen molar-refractivity contribution >= 4 is 0 Å². The fourth-order valence-corrected chi connectivity index (χ4v) is 2.24. The van der Waals surface area contributed by atoms with E-state index in [0.717, 1.165) is 18.8 Å². The molecule has 0 amide bonds. The van der Waals surface area contributed by atoms with Gasteiger partial charge in [-0.15, -0.1) is 0 Å². The van der Waals surface area contributed by atoms with Gasteiger partial charge in [0.05, 0.1) is 7.11 Å². The van der Waals surface area contributed by atoms with Crippen molar-refractivity contribution in [2.75, 3.05) is 27.2 Å². The maximum absolute atomic E-state index is 6.10. The van der Waals surface area contributed by atoms with Crippen LogP contribution >= 0.6 is 0 Å². The summed E-state index contributed by atoms with van der Waals surface area (Å²) in [5.74, 6) is 1.36. The van der Waals surface area contributed by atoms with E-state index >= 15 is 0 Å². The standard InChI is InChI=1S/C12H18N2O/c1-14-7-11(12(13)8-14)9-3-5-10(15-2)6-4-9/h3-6,11-12H,7-8,13H2,1-2H3. The maximum Gasteiger partial charge on any atom is 0.118 e. The van der Waals surface area contributed by atoms with Gasteiger partial charge in [-0.05, 0) is 24.7 Å². The summed E-state index contributed by atoms with van der Waals surface area (Å²) in [7, 11) is 3.80. The van der Waals surface area contributed by atoms with E-state index < -0.39 is 0 Å². The fraction of sp³-hybridized carbons (Fsp3) is 0.500. The lowest BCUT2D eigenvalue weighted by atomic mass is 9.95. The van der Waals surface area contributed by atoms with Crippen molar-refractivity contribution in [1.29, 1.82) is 0 Å². The Balaban J connectivity index is 2.15. The lowest BCUT2D eigenvalue weighted by molar-refractivity contribution is 0.407. The maximum atomic E-state index is 6.10. The van der Waals surface area contributed by atoms with Crippen LogP contribution in [0.15, 0.2) is 24.3 Å². The molecule has 82 valence electrons. The zero-order valence-electron chi connectivity index (χ0n) is 9.31. The van der Waals surface area contributed by atoms with Gasteiger partial charge in [0.2, 0.25) is 0 Å². The van der Waals surface area contributed by atoms with Crippen LogP contribution in [0.2, 0.25) is 0 Å². The van der Waals surface area contributed by atoms with E-state index in [1.165, 1.54) is 5.56 Å². The van der Waals surface area contributed by atoms with Crippen LogP contribution in [-0.4, -0.2) is 38.2 Å². The van der Waals surface area contributed by atoms with E-state index in [2.05, 4.69) is 24.1 Å². The summed E-state index contributed by atoms with van der Waals surface area (Å²) in [5.41, 5.74) is 7.41. The van der Waals surface area contributed by atoms with Crippen LogP contribution < -0.4 is 10.5 Å². The van der Waals surface area contributed by atoms with Gasteiger partial charge in [0, 0.05) is 25.0 Å². The molecule has 2 unspecified atom stereocenters. The highest BCUT2D eigenvalue weighted by Crippen LogP contribution is 2.26. The molecule has 15 heavy (non-hydrogen) atoms. The molecule has 1 saturated heterocycles. The molecule has 3 nitrogen and oxygen atoms in total. The molecule has 1 fully saturated rings. The molecule has 0 aliphatic carbocycles. The normalized spacial score (nSPS) is 26.9. The average Bonchev–Trinajstić information content (AvgIpc) is 2.58. The average molecular weight is 206 g/mol. The van der Waals surface area contributed by atoms with Gasteiger partial charge in [-0.25, -0.2) is 0 Å². The van der Waals surface area contributed by atoms with Crippen molar-refractivity contribution < 1.29 is 4.74 Å². The predicted molar refractivity (Wildman–Crippen MR) is 61.2 cm³/mol. The first-order chi connectivity index (χ1) is 7.20. The summed E-state index contributed by atoms with van der Waals surface area (Å²) in [5, 5.41) is 0. The molecular weight excluding hydrogens is 188 g/mol. The van der Waals surface area contributed by atoms with Crippen molar-refractivity contribution in [2.24, 2.45) is 5.73 Å². The number of nitrogens with zero attached hydrogens (tertiary/aromatic N) is 1. The zero-order valence-corrected chi connectivity index (χ0v) is 9.31. The van der Waals surface area contributed by atoms with Crippen LogP contribution in [0.1, 0.15) is 11.5 Å². The van der Waals surface area contributed by atoms with Crippen molar-refractivity contribution in [3.63, 3.8) is 0 Å². The van der Waals surface area contributed by atoms with Crippen molar-refractivity contribution in [2.45, 2.75) is 12.0 Å². The largest absolute Gasteiger partial charge is 0.497 e. The number of likely N-dealkylation sites (N-methyl/N-ethyl adjacent to an activating group) is 1. The lowest BCUT2D eigenvalue weighted by Crippen LogP contribution is -2.27. The number of hydrogen-bond acceptors (Lipinski definition) is 3. The number of ether oxygens (including phenoxy) is 1. The minimum absolute atomic E-state index is 0.253. The second-order valence-electron chi connectivity index (χ2n) is 4.26. The first-order valence-electron chi connectivity index (χ1n) is 5.29. The van der Waals surface area contributed by atoms with Crippen molar-refractivity contribution in [3.05, 3.63) is 29.8 Å². The van der Waals surface area contributed by atoms with Crippen LogP contribution in [0.4, 0.5) is 0 Å². The summed E-state index contributed by atoms with van der Waals surface area (Å²) in [6, 6.07) is 8.48. The minimum Gasteiger partial charge on any atom is -0.497 e. The van der Waals surface area contributed by atoms with E-state index in [-0.39, 0.29) is 6.04 Å². The molecular formula is C12H18N2O. The Labute approximate surface area is 90.8 Å². The molecule has 0 spiro atoms. The van der Waals surface area contributed by atoms with Crippen LogP contribution in [0.3, 0.4) is 0 Å². The number of methoxy groups -OCH3 is 1. The third kappa shape index (κ3) is 2.13. The molecule has 1 aliphatic rings. The van der Waals surface area contributed by atoms with Gasteiger partial charge >= 0.3 is 0 Å². The summed E-state index contributed by atoms with van der Waals surface area (Å²) in [6.45, 7) is 2.03. The SMILES string of the molecule is COc1ccc(C2CN(C)CC2N)cc1. The van der Waals surface area contributed by atoms with Gasteiger partial charge < -0.3 is 15.4 Å². The number of nitrogens with two attached hydrogens (primary N) is 1. The van der Waals surface area contributed by atoms with Crippen molar-refractivity contribution in [3.8, 4) is 5.75 Å². The van der Waals surface area contributed by atoms with E-state index in [0.29, 0.717) is 5.92 Å². The second kappa shape index (κ2) is 4.21. The van der Waals surface area contributed by atoms with Gasteiger partial charge in [-0.1, -0.05) is 12.1 Å². The Kier molecular flexibility index (Phi) is 2.93. The number of benzene rings is 1. The first-order valence-corrected chi connectivity index (χ1v) is 5.29. The highest BCUT2D eigenvalue weighted by atomic mass is 16.5. The summed E-state index contributed by atoms with van der Waals surface area (Å²) >= 11 is 0. The minimum atomic E-state index is 0.253. The summed E-state index contributed by atoms with van der Waals surface area (Å²) in [6.07, 6.45) is 0. The van der Waals surface area contributed by atoms with E-state index in [1.54, 1.807) is 7.11 Å². The molecule has 0 bridgehead atoms. The second-order valence-corrected chi connectivity index (χ2v) is 4.26. The Morgan fingerprint density at radius 2 is 1.93 bits per heavy atom. The highest BCUT2D eigenvalue weighted by Gasteiger charge is 2.28. The Morgan fingerprint density at radius 3 is 2.40 bits per heavy atom. The molecule has 1 aromatic carbocycles. The molecule has 0 radical (unpaired) electrons. The zero-order chi connectivity index (χ0) is 10.8. The molecule has 0 aromatic heterocycles. The Bertz CT molecular complexity index is 323. The molecule has 1 aliphatic heterocycles. The number of rotatable bonds is 2. The van der Waals surface area contributed by atoms with Gasteiger partial charge in [0.25, 0.3) is 0 Å². The van der Waals surface area contributed by atoms with E-state index in [4.69, 9.17) is 10.5 Å². The van der Waals surface area contributed by atoms with Crippen LogP contribution in [0.25, 0.3) is 0 Å². The molecule has 2 atom stereocenters. The van der Waals surface area contributed by atoms with Gasteiger partial charge in [0.1, 0.15) is 5.75 Å². The van der Waals surface area contributed by atoms with Crippen LogP contribution in [0, 0.1) is 0 Å². The van der Waals surface area contributed by atoms with Gasteiger partial charge in [-0.3, -0.25) is 0 Å². The van der Waals surface area contributed by atoms with Crippen LogP contribution in [-0.2, 0) is 0 Å². The predicted octanol–water partition coefficient (Wildman–Crippen LogP) is 1.05. The Morgan fingerprint density at radius 1 is 1.27 bits per heavy atom. The number of hydrogen-bond donors (Lipinski definition) is 1. The van der Waals surface area contributed by atoms with Crippen LogP contribution in [0.5, 0.6) is 5.75 Å².